The summed E-state index contributed by atoms with van der Waals surface area (Å²) in [6.07, 6.45) is 0. The van der Waals surface area contributed by atoms with Crippen molar-refractivity contribution < 1.29 is 9.90 Å². The van der Waals surface area contributed by atoms with Crippen LogP contribution < -0.4 is 0 Å². The fourth-order valence-electron chi connectivity index (χ4n) is 0.780. The summed E-state index contributed by atoms with van der Waals surface area (Å²) in [5.74, 6) is -0.808. The molecule has 0 fully saturated rings. The van der Waals surface area contributed by atoms with Crippen molar-refractivity contribution >= 4 is 11.8 Å². The van der Waals surface area contributed by atoms with Gasteiger partial charge >= 0.3 is 5.91 Å². The highest BCUT2D eigenvalue weighted by atomic mass is 16.3. The highest BCUT2D eigenvalue weighted by Gasteiger charge is 2.37. The molecular weight excluding hydrogens is 132 g/mol. The van der Waals surface area contributed by atoms with Gasteiger partial charge in [0.05, 0.1) is 0 Å². The maximum absolute atomic E-state index is 10.9. The van der Waals surface area contributed by atoms with Gasteiger partial charge in [-0.1, -0.05) is 0 Å². The average molecular weight is 142 g/mol. The van der Waals surface area contributed by atoms with Crippen molar-refractivity contribution in [2.75, 3.05) is 7.05 Å². The number of aliphatic hydroxyl groups is 1. The molecule has 56 valence electrons. The molecule has 1 aliphatic rings. The van der Waals surface area contributed by atoms with Crippen LogP contribution in [0.3, 0.4) is 0 Å². The van der Waals surface area contributed by atoms with E-state index in [-0.39, 0.29) is 0 Å². The first-order valence-electron chi connectivity index (χ1n) is 3.02. The van der Waals surface area contributed by atoms with Crippen LogP contribution in [-0.4, -0.2) is 34.5 Å². The Morgan fingerprint density at radius 1 is 1.60 bits per heavy atom. The summed E-state index contributed by atoms with van der Waals surface area (Å²) in [6, 6.07) is 0. The quantitative estimate of drug-likeness (QED) is 0.523. The second-order valence-electron chi connectivity index (χ2n) is 2.79. The van der Waals surface area contributed by atoms with Gasteiger partial charge in [-0.05, 0) is 13.8 Å². The third-order valence-electron chi connectivity index (χ3n) is 1.70. The van der Waals surface area contributed by atoms with Gasteiger partial charge in [0.25, 0.3) is 5.90 Å². The van der Waals surface area contributed by atoms with E-state index in [1.807, 2.05) is 0 Å². The van der Waals surface area contributed by atoms with Crippen LogP contribution >= 0.6 is 0 Å². The molecule has 1 heterocycles. The molecule has 4 nitrogen and oxygen atoms in total. The Balaban J connectivity index is 2.98. The fourth-order valence-corrected chi connectivity index (χ4v) is 0.780. The Labute approximate surface area is 59.2 Å². The lowest BCUT2D eigenvalue weighted by Crippen LogP contribution is -2.38. The number of nitrogens with zero attached hydrogens (tertiary/aromatic N) is 2. The smallest absolute Gasteiger partial charge is 0.310 e. The Kier molecular flexibility index (Phi) is 1.21. The molecule has 0 atom stereocenters. The molecular formula is C6H10N2O2. The number of aliphatic imine (C=N–C) groups is 1. The first-order chi connectivity index (χ1) is 4.45. The van der Waals surface area contributed by atoms with Gasteiger partial charge in [-0.15, -0.1) is 0 Å². The first kappa shape index (κ1) is 7.05. The Morgan fingerprint density at radius 3 is 2.20 bits per heavy atom. The molecule has 1 rings (SSSR count). The molecule has 0 radical (unpaired) electrons. The topological polar surface area (TPSA) is 52.9 Å². The van der Waals surface area contributed by atoms with Crippen LogP contribution in [0.5, 0.6) is 0 Å². The van der Waals surface area contributed by atoms with E-state index in [4.69, 9.17) is 5.11 Å². The molecule has 0 aromatic rings. The van der Waals surface area contributed by atoms with Crippen molar-refractivity contribution in [1.82, 2.24) is 4.90 Å². The van der Waals surface area contributed by atoms with E-state index in [9.17, 15) is 4.79 Å². The minimum absolute atomic E-state index is 0.396. The fraction of sp³-hybridized carbons (Fsp3) is 0.667. The molecule has 0 spiro atoms. The van der Waals surface area contributed by atoms with E-state index in [0.29, 0.717) is 0 Å². The lowest BCUT2D eigenvalue weighted by atomic mass is 10.2. The van der Waals surface area contributed by atoms with Crippen molar-refractivity contribution in [3.63, 3.8) is 0 Å². The summed E-state index contributed by atoms with van der Waals surface area (Å²) < 4.78 is 0. The van der Waals surface area contributed by atoms with E-state index in [2.05, 4.69) is 4.99 Å². The van der Waals surface area contributed by atoms with Crippen LogP contribution in [0.2, 0.25) is 0 Å². The molecule has 1 amide bonds. The molecule has 1 N–H and O–H groups in total. The summed E-state index contributed by atoms with van der Waals surface area (Å²) in [4.78, 5) is 16.0. The molecule has 10 heavy (non-hydrogen) atoms. The maximum atomic E-state index is 10.9. The van der Waals surface area contributed by atoms with Crippen molar-refractivity contribution in [1.29, 1.82) is 0 Å². The normalized spacial score (nSPS) is 23.3. The van der Waals surface area contributed by atoms with Crippen LogP contribution in [0.15, 0.2) is 4.99 Å². The third kappa shape index (κ3) is 0.761. The SMILES string of the molecule is CN1C(=O)C(O)=NC1(C)C. The highest BCUT2D eigenvalue weighted by Crippen LogP contribution is 2.19. The van der Waals surface area contributed by atoms with E-state index in [0.717, 1.165) is 0 Å². The summed E-state index contributed by atoms with van der Waals surface area (Å²) in [6.45, 7) is 3.52. The molecule has 0 unspecified atom stereocenters. The van der Waals surface area contributed by atoms with Gasteiger partial charge in [0.15, 0.2) is 0 Å². The highest BCUT2D eigenvalue weighted by molar-refractivity contribution is 6.35. The van der Waals surface area contributed by atoms with Crippen LogP contribution in [0.4, 0.5) is 0 Å². The Bertz CT molecular complexity index is 208. The third-order valence-corrected chi connectivity index (χ3v) is 1.70. The van der Waals surface area contributed by atoms with Crippen molar-refractivity contribution in [3.8, 4) is 0 Å². The number of likely N-dealkylation sites (N-methyl/N-ethyl adjacent to an activating group) is 1. The second kappa shape index (κ2) is 1.71. The van der Waals surface area contributed by atoms with Crippen molar-refractivity contribution in [2.45, 2.75) is 19.5 Å². The minimum Gasteiger partial charge on any atom is -0.490 e. The van der Waals surface area contributed by atoms with Crippen molar-refractivity contribution in [3.05, 3.63) is 0 Å². The van der Waals surface area contributed by atoms with Crippen LogP contribution in [-0.2, 0) is 4.79 Å². The standard InChI is InChI=1S/C6H10N2O2/c1-6(2)7-4(9)5(10)8(6)3/h1-3H3,(H,7,9). The largest absolute Gasteiger partial charge is 0.490 e. The van der Waals surface area contributed by atoms with Gasteiger partial charge < -0.3 is 10.0 Å². The molecule has 0 aromatic carbocycles. The monoisotopic (exact) mass is 142 g/mol. The van der Waals surface area contributed by atoms with E-state index < -0.39 is 17.5 Å². The lowest BCUT2D eigenvalue weighted by Gasteiger charge is -2.23. The molecule has 0 bridgehead atoms. The molecule has 0 aromatic heterocycles. The first-order valence-corrected chi connectivity index (χ1v) is 3.02. The number of rotatable bonds is 0. The van der Waals surface area contributed by atoms with Crippen LogP contribution in [0, 0.1) is 0 Å². The van der Waals surface area contributed by atoms with E-state index in [1.165, 1.54) is 4.90 Å². The molecule has 0 saturated heterocycles. The van der Waals surface area contributed by atoms with Crippen molar-refractivity contribution in [2.24, 2.45) is 4.99 Å². The predicted octanol–water partition coefficient (Wildman–Crippen LogP) is 0.151. The zero-order valence-electron chi connectivity index (χ0n) is 6.25. The van der Waals surface area contributed by atoms with E-state index in [1.54, 1.807) is 20.9 Å². The summed E-state index contributed by atoms with van der Waals surface area (Å²) in [5.41, 5.74) is -0.582. The van der Waals surface area contributed by atoms with Gasteiger partial charge in [-0.25, -0.2) is 4.99 Å². The van der Waals surface area contributed by atoms with Gasteiger partial charge in [-0.2, -0.15) is 0 Å². The lowest BCUT2D eigenvalue weighted by molar-refractivity contribution is -0.125. The zero-order valence-corrected chi connectivity index (χ0v) is 6.25. The van der Waals surface area contributed by atoms with Gasteiger partial charge in [0.1, 0.15) is 5.66 Å². The number of carbonyl (C=O) groups is 1. The van der Waals surface area contributed by atoms with E-state index >= 15 is 0 Å². The van der Waals surface area contributed by atoms with Crippen LogP contribution in [0.1, 0.15) is 13.8 Å². The number of hydrogen-bond acceptors (Lipinski definition) is 2. The number of hydrogen-bond donors (Lipinski definition) is 1. The number of aliphatic hydroxyl groups excluding tert-OH is 1. The maximum Gasteiger partial charge on any atom is 0.310 e. The summed E-state index contributed by atoms with van der Waals surface area (Å²) in [5, 5.41) is 8.86. The van der Waals surface area contributed by atoms with Gasteiger partial charge in [0, 0.05) is 7.05 Å². The molecule has 0 saturated carbocycles. The van der Waals surface area contributed by atoms with Gasteiger partial charge in [-0.3, -0.25) is 4.79 Å². The zero-order chi connectivity index (χ0) is 7.94. The predicted molar refractivity (Wildman–Crippen MR) is 36.9 cm³/mol. The number of amides is 1. The Hall–Kier alpha value is -1.06. The summed E-state index contributed by atoms with van der Waals surface area (Å²) >= 11 is 0. The molecule has 4 heteroatoms. The Morgan fingerprint density at radius 2 is 2.10 bits per heavy atom. The second-order valence-corrected chi connectivity index (χ2v) is 2.79. The summed E-state index contributed by atoms with van der Waals surface area (Å²) in [7, 11) is 1.61. The minimum atomic E-state index is -0.582. The average Bonchev–Trinajstić information content (AvgIpc) is 1.95. The molecule has 0 aliphatic carbocycles. The number of carbonyl (C=O) groups excluding carboxylic acids is 1. The molecule has 1 aliphatic heterocycles. The van der Waals surface area contributed by atoms with Gasteiger partial charge in [0.2, 0.25) is 0 Å². The van der Waals surface area contributed by atoms with Crippen LogP contribution in [0.25, 0.3) is 0 Å².